The number of aryl methyl sites for hydroxylation is 1. The molecule has 1 aromatic rings. The Kier molecular flexibility index (Phi) is 2.95. The lowest BCUT2D eigenvalue weighted by atomic mass is 10.4. The Morgan fingerprint density at radius 2 is 2.36 bits per heavy atom. The quantitative estimate of drug-likeness (QED) is 0.667. The molecule has 0 unspecified atom stereocenters. The zero-order chi connectivity index (χ0) is 8.10. The van der Waals surface area contributed by atoms with Crippen LogP contribution in [-0.4, -0.2) is 11.8 Å². The van der Waals surface area contributed by atoms with Crippen molar-refractivity contribution in [3.8, 4) is 5.88 Å². The van der Waals surface area contributed by atoms with Crippen LogP contribution in [0.15, 0.2) is 10.6 Å². The van der Waals surface area contributed by atoms with Crippen LogP contribution in [0.25, 0.3) is 0 Å². The fraction of sp³-hybridized carbons (Fsp3) is 0.625. The SMILES string of the molecule is CCCOc1cc(CC)on1. The topological polar surface area (TPSA) is 35.3 Å². The van der Waals surface area contributed by atoms with Gasteiger partial charge in [-0.2, -0.15) is 0 Å². The molecule has 0 atom stereocenters. The van der Waals surface area contributed by atoms with Gasteiger partial charge in [0.05, 0.1) is 6.61 Å². The van der Waals surface area contributed by atoms with Crippen LogP contribution in [0.2, 0.25) is 0 Å². The number of ether oxygens (including phenoxy) is 1. The molecular weight excluding hydrogens is 142 g/mol. The summed E-state index contributed by atoms with van der Waals surface area (Å²) in [6.07, 6.45) is 1.86. The molecule has 0 spiro atoms. The summed E-state index contributed by atoms with van der Waals surface area (Å²) < 4.78 is 10.2. The lowest BCUT2D eigenvalue weighted by molar-refractivity contribution is 0.275. The van der Waals surface area contributed by atoms with Crippen LogP contribution in [0.5, 0.6) is 5.88 Å². The second kappa shape index (κ2) is 4.01. The van der Waals surface area contributed by atoms with E-state index >= 15 is 0 Å². The maximum absolute atomic E-state index is 5.23. The second-order valence-electron chi connectivity index (χ2n) is 2.33. The summed E-state index contributed by atoms with van der Waals surface area (Å²) in [4.78, 5) is 0. The molecule has 0 saturated heterocycles. The van der Waals surface area contributed by atoms with E-state index in [-0.39, 0.29) is 0 Å². The van der Waals surface area contributed by atoms with Gasteiger partial charge in [-0.3, -0.25) is 0 Å². The van der Waals surface area contributed by atoms with Crippen molar-refractivity contribution in [2.45, 2.75) is 26.7 Å². The highest BCUT2D eigenvalue weighted by molar-refractivity contribution is 5.10. The number of aromatic nitrogens is 1. The van der Waals surface area contributed by atoms with Crippen molar-refractivity contribution in [2.24, 2.45) is 0 Å². The molecule has 0 saturated carbocycles. The number of hydrogen-bond acceptors (Lipinski definition) is 3. The molecule has 1 heterocycles. The molecule has 0 fully saturated rings. The minimum Gasteiger partial charge on any atom is -0.476 e. The molecular formula is C8H13NO2. The van der Waals surface area contributed by atoms with E-state index in [2.05, 4.69) is 12.1 Å². The average Bonchev–Trinajstić information content (AvgIpc) is 2.48. The Morgan fingerprint density at radius 1 is 1.55 bits per heavy atom. The molecule has 0 N–H and O–H groups in total. The van der Waals surface area contributed by atoms with Gasteiger partial charge in [-0.1, -0.05) is 13.8 Å². The van der Waals surface area contributed by atoms with Crippen molar-refractivity contribution in [3.05, 3.63) is 11.8 Å². The minimum atomic E-state index is 0.601. The Morgan fingerprint density at radius 3 is 2.91 bits per heavy atom. The van der Waals surface area contributed by atoms with E-state index in [1.165, 1.54) is 0 Å². The summed E-state index contributed by atoms with van der Waals surface area (Å²) in [6, 6.07) is 1.83. The maximum atomic E-state index is 5.23. The van der Waals surface area contributed by atoms with Gasteiger partial charge in [0.1, 0.15) is 5.76 Å². The van der Waals surface area contributed by atoms with Gasteiger partial charge in [0.25, 0.3) is 5.88 Å². The highest BCUT2D eigenvalue weighted by atomic mass is 16.5. The summed E-state index contributed by atoms with van der Waals surface area (Å²) in [5.41, 5.74) is 0. The molecule has 3 heteroatoms. The van der Waals surface area contributed by atoms with Crippen LogP contribution in [0, 0.1) is 0 Å². The van der Waals surface area contributed by atoms with E-state index in [4.69, 9.17) is 9.26 Å². The summed E-state index contributed by atoms with van der Waals surface area (Å²) in [7, 11) is 0. The Balaban J connectivity index is 2.44. The molecule has 11 heavy (non-hydrogen) atoms. The van der Waals surface area contributed by atoms with E-state index in [9.17, 15) is 0 Å². The van der Waals surface area contributed by atoms with Crippen LogP contribution >= 0.6 is 0 Å². The van der Waals surface area contributed by atoms with Crippen molar-refractivity contribution in [2.75, 3.05) is 6.61 Å². The van der Waals surface area contributed by atoms with E-state index in [0.717, 1.165) is 18.6 Å². The first-order valence-electron chi connectivity index (χ1n) is 3.95. The van der Waals surface area contributed by atoms with Crippen molar-refractivity contribution in [1.82, 2.24) is 5.16 Å². The molecule has 0 aliphatic rings. The highest BCUT2D eigenvalue weighted by Crippen LogP contribution is 2.11. The smallest absolute Gasteiger partial charge is 0.254 e. The second-order valence-corrected chi connectivity index (χ2v) is 2.33. The van der Waals surface area contributed by atoms with Crippen LogP contribution in [0.4, 0.5) is 0 Å². The maximum Gasteiger partial charge on any atom is 0.254 e. The average molecular weight is 155 g/mol. The molecule has 1 rings (SSSR count). The van der Waals surface area contributed by atoms with E-state index in [0.29, 0.717) is 12.5 Å². The monoisotopic (exact) mass is 155 g/mol. The van der Waals surface area contributed by atoms with Gasteiger partial charge < -0.3 is 9.26 Å². The molecule has 0 aliphatic carbocycles. The predicted octanol–water partition coefficient (Wildman–Crippen LogP) is 2.03. The van der Waals surface area contributed by atoms with Gasteiger partial charge in [0.15, 0.2) is 0 Å². The van der Waals surface area contributed by atoms with Crippen LogP contribution in [0.1, 0.15) is 26.0 Å². The fourth-order valence-corrected chi connectivity index (χ4v) is 0.735. The molecule has 1 aromatic heterocycles. The lowest BCUT2D eigenvalue weighted by Gasteiger charge is -1.95. The van der Waals surface area contributed by atoms with Gasteiger partial charge in [-0.15, -0.1) is 0 Å². The van der Waals surface area contributed by atoms with Crippen LogP contribution in [-0.2, 0) is 6.42 Å². The standard InChI is InChI=1S/C8H13NO2/c1-3-5-10-8-6-7(4-2)11-9-8/h6H,3-5H2,1-2H3. The van der Waals surface area contributed by atoms with Crippen LogP contribution < -0.4 is 4.74 Å². The molecule has 0 aliphatic heterocycles. The Labute approximate surface area is 66.3 Å². The highest BCUT2D eigenvalue weighted by Gasteiger charge is 2.00. The minimum absolute atomic E-state index is 0.601. The van der Waals surface area contributed by atoms with Gasteiger partial charge >= 0.3 is 0 Å². The van der Waals surface area contributed by atoms with E-state index in [1.807, 2.05) is 13.0 Å². The normalized spacial score (nSPS) is 10.0. The number of rotatable bonds is 4. The van der Waals surface area contributed by atoms with Crippen molar-refractivity contribution in [3.63, 3.8) is 0 Å². The summed E-state index contributed by atoms with van der Waals surface area (Å²) in [5.74, 6) is 1.47. The molecule has 3 nitrogen and oxygen atoms in total. The largest absolute Gasteiger partial charge is 0.476 e. The summed E-state index contributed by atoms with van der Waals surface area (Å²) in [5, 5.41) is 3.73. The zero-order valence-electron chi connectivity index (χ0n) is 6.96. The first-order chi connectivity index (χ1) is 5.36. The van der Waals surface area contributed by atoms with E-state index < -0.39 is 0 Å². The molecule has 0 amide bonds. The first-order valence-corrected chi connectivity index (χ1v) is 3.95. The van der Waals surface area contributed by atoms with Gasteiger partial charge in [0.2, 0.25) is 0 Å². The van der Waals surface area contributed by atoms with Crippen molar-refractivity contribution >= 4 is 0 Å². The fourth-order valence-electron chi connectivity index (χ4n) is 0.735. The predicted molar refractivity (Wildman–Crippen MR) is 41.7 cm³/mol. The van der Waals surface area contributed by atoms with Gasteiger partial charge in [-0.05, 0) is 11.6 Å². The third-order valence-corrected chi connectivity index (χ3v) is 1.34. The van der Waals surface area contributed by atoms with Crippen molar-refractivity contribution in [1.29, 1.82) is 0 Å². The molecule has 0 aromatic carbocycles. The Hall–Kier alpha value is -0.990. The number of hydrogen-bond donors (Lipinski definition) is 0. The van der Waals surface area contributed by atoms with Gasteiger partial charge in [0, 0.05) is 12.5 Å². The molecule has 0 radical (unpaired) electrons. The van der Waals surface area contributed by atoms with Crippen LogP contribution in [0.3, 0.4) is 0 Å². The summed E-state index contributed by atoms with van der Waals surface area (Å²) >= 11 is 0. The third-order valence-electron chi connectivity index (χ3n) is 1.34. The third kappa shape index (κ3) is 2.26. The summed E-state index contributed by atoms with van der Waals surface area (Å²) in [6.45, 7) is 4.78. The zero-order valence-corrected chi connectivity index (χ0v) is 6.96. The lowest BCUT2D eigenvalue weighted by Crippen LogP contribution is -1.94. The van der Waals surface area contributed by atoms with E-state index in [1.54, 1.807) is 0 Å². The molecule has 0 bridgehead atoms. The van der Waals surface area contributed by atoms with Crippen molar-refractivity contribution < 1.29 is 9.26 Å². The molecule has 62 valence electrons. The first kappa shape index (κ1) is 8.11. The van der Waals surface area contributed by atoms with Gasteiger partial charge in [-0.25, -0.2) is 0 Å². The number of nitrogens with zero attached hydrogens (tertiary/aromatic N) is 1. The Bertz CT molecular complexity index is 208.